The zero-order valence-corrected chi connectivity index (χ0v) is 21.8. The summed E-state index contributed by atoms with van der Waals surface area (Å²) in [5, 5.41) is 6.46. The summed E-state index contributed by atoms with van der Waals surface area (Å²) >= 11 is 1.41. The lowest BCUT2D eigenvalue weighted by Gasteiger charge is -2.11. The van der Waals surface area contributed by atoms with E-state index < -0.39 is 5.91 Å². The maximum absolute atomic E-state index is 13.1. The molecular weight excluding hydrogens is 488 g/mol. The number of nitrogens with one attached hydrogen (secondary N) is 1. The van der Waals surface area contributed by atoms with Crippen LogP contribution in [0.4, 0.5) is 0 Å². The topological polar surface area (TPSA) is 94.8 Å². The Morgan fingerprint density at radius 1 is 1.14 bits per heavy atom. The fourth-order valence-electron chi connectivity index (χ4n) is 3.87. The van der Waals surface area contributed by atoms with Crippen LogP contribution >= 0.6 is 11.3 Å². The molecule has 4 rings (SSSR count). The number of hydrogen-bond donors (Lipinski definition) is 1. The minimum atomic E-state index is -0.435. The number of carbonyl (C=O) groups excluding carboxylic acids is 1. The molecular formula is C28H30N4O4S. The Kier molecular flexibility index (Phi) is 9.04. The van der Waals surface area contributed by atoms with E-state index in [4.69, 9.17) is 9.47 Å². The number of amides is 1. The van der Waals surface area contributed by atoms with Crippen molar-refractivity contribution in [2.45, 2.75) is 39.2 Å². The van der Waals surface area contributed by atoms with Gasteiger partial charge in [0.1, 0.15) is 11.4 Å². The molecule has 2 aromatic heterocycles. The van der Waals surface area contributed by atoms with Gasteiger partial charge in [-0.1, -0.05) is 56.5 Å². The van der Waals surface area contributed by atoms with E-state index in [1.54, 1.807) is 13.2 Å². The first-order valence-electron chi connectivity index (χ1n) is 12.3. The Hall–Kier alpha value is -3.98. The second kappa shape index (κ2) is 12.8. The number of ether oxygens (including phenoxy) is 2. The highest BCUT2D eigenvalue weighted by Crippen LogP contribution is 2.30. The molecule has 192 valence electrons. The van der Waals surface area contributed by atoms with Crippen LogP contribution < -0.4 is 20.5 Å². The van der Waals surface area contributed by atoms with Crippen LogP contribution in [0.1, 0.15) is 38.2 Å². The molecule has 0 aliphatic heterocycles. The highest BCUT2D eigenvalue weighted by molar-refractivity contribution is 7.17. The zero-order chi connectivity index (χ0) is 26.0. The molecule has 0 saturated heterocycles. The largest absolute Gasteiger partial charge is 0.493 e. The number of methoxy groups -OCH3 is 1. The van der Waals surface area contributed by atoms with Gasteiger partial charge < -0.3 is 9.47 Å². The molecule has 0 saturated carbocycles. The van der Waals surface area contributed by atoms with Crippen LogP contribution in [0.15, 0.2) is 70.1 Å². The predicted molar refractivity (Wildman–Crippen MR) is 148 cm³/mol. The van der Waals surface area contributed by atoms with E-state index in [1.807, 2.05) is 47.8 Å². The number of aromatic nitrogens is 2. The molecule has 0 atom stereocenters. The quantitative estimate of drug-likeness (QED) is 0.157. The van der Waals surface area contributed by atoms with Crippen LogP contribution in [-0.4, -0.2) is 35.4 Å². The Bertz CT molecular complexity index is 1430. The standard InChI is InChI=1S/C28H30N4O4S/c1-3-4-5-9-14-36-23-13-12-20(15-24(23)35-2)16-30-31-25(33)17-32-19-29-27-26(28(32)34)22(18-37-27)21-10-7-6-8-11-21/h6-8,10-13,15-16,18-19H,3-5,9,14,17H2,1-2H3,(H,31,33)/b30-16-. The number of nitrogens with zero attached hydrogens (tertiary/aromatic N) is 3. The molecule has 0 unspecified atom stereocenters. The third kappa shape index (κ3) is 6.62. The number of hydrogen-bond acceptors (Lipinski definition) is 7. The number of carbonyl (C=O) groups is 1. The first kappa shape index (κ1) is 26.1. The number of unbranched alkanes of at least 4 members (excludes halogenated alkanes) is 3. The summed E-state index contributed by atoms with van der Waals surface area (Å²) in [7, 11) is 1.58. The first-order valence-corrected chi connectivity index (χ1v) is 13.1. The third-order valence-electron chi connectivity index (χ3n) is 5.81. The van der Waals surface area contributed by atoms with E-state index in [2.05, 4.69) is 22.4 Å². The summed E-state index contributed by atoms with van der Waals surface area (Å²) in [6.45, 7) is 2.62. The lowest BCUT2D eigenvalue weighted by Crippen LogP contribution is -2.30. The van der Waals surface area contributed by atoms with Gasteiger partial charge in [0, 0.05) is 10.9 Å². The Morgan fingerprint density at radius 3 is 2.76 bits per heavy atom. The lowest BCUT2D eigenvalue weighted by molar-refractivity contribution is -0.121. The third-order valence-corrected chi connectivity index (χ3v) is 6.69. The van der Waals surface area contributed by atoms with Gasteiger partial charge in [-0.25, -0.2) is 10.4 Å². The number of thiophene rings is 1. The van der Waals surface area contributed by atoms with Crippen molar-refractivity contribution in [3.63, 3.8) is 0 Å². The second-order valence-electron chi connectivity index (χ2n) is 8.49. The average Bonchev–Trinajstić information content (AvgIpc) is 3.36. The first-order chi connectivity index (χ1) is 18.1. The van der Waals surface area contributed by atoms with E-state index in [0.717, 1.165) is 29.5 Å². The molecule has 8 nitrogen and oxygen atoms in total. The van der Waals surface area contributed by atoms with Gasteiger partial charge in [-0.2, -0.15) is 5.10 Å². The van der Waals surface area contributed by atoms with E-state index in [1.165, 1.54) is 41.3 Å². The van der Waals surface area contributed by atoms with Crippen molar-refractivity contribution in [3.8, 4) is 22.6 Å². The minimum absolute atomic E-state index is 0.197. The minimum Gasteiger partial charge on any atom is -0.493 e. The molecule has 1 N–H and O–H groups in total. The molecule has 0 aliphatic rings. The maximum Gasteiger partial charge on any atom is 0.263 e. The molecule has 0 bridgehead atoms. The van der Waals surface area contributed by atoms with Crippen LogP contribution in [0.2, 0.25) is 0 Å². The van der Waals surface area contributed by atoms with Crippen molar-refractivity contribution < 1.29 is 14.3 Å². The van der Waals surface area contributed by atoms with Gasteiger partial charge >= 0.3 is 0 Å². The number of rotatable bonds is 12. The Balaban J connectivity index is 1.39. The van der Waals surface area contributed by atoms with Crippen molar-refractivity contribution >= 4 is 33.7 Å². The lowest BCUT2D eigenvalue weighted by atomic mass is 10.1. The van der Waals surface area contributed by atoms with E-state index >= 15 is 0 Å². The van der Waals surface area contributed by atoms with Crippen LogP contribution in [0.25, 0.3) is 21.3 Å². The van der Waals surface area contributed by atoms with Gasteiger partial charge in [0.2, 0.25) is 0 Å². The highest BCUT2D eigenvalue weighted by atomic mass is 32.1. The van der Waals surface area contributed by atoms with Gasteiger partial charge in [-0.15, -0.1) is 11.3 Å². The maximum atomic E-state index is 13.1. The molecule has 37 heavy (non-hydrogen) atoms. The van der Waals surface area contributed by atoms with Gasteiger partial charge in [0.05, 0.1) is 31.6 Å². The summed E-state index contributed by atoms with van der Waals surface area (Å²) in [6.07, 6.45) is 7.43. The summed E-state index contributed by atoms with van der Waals surface area (Å²) in [5.41, 5.74) is 4.69. The Labute approximate surface area is 219 Å². The zero-order valence-electron chi connectivity index (χ0n) is 21.0. The average molecular weight is 519 g/mol. The second-order valence-corrected chi connectivity index (χ2v) is 9.34. The van der Waals surface area contributed by atoms with E-state index in [9.17, 15) is 9.59 Å². The predicted octanol–water partition coefficient (Wildman–Crippen LogP) is 5.24. The van der Waals surface area contributed by atoms with E-state index in [0.29, 0.717) is 28.3 Å². The van der Waals surface area contributed by atoms with Crippen LogP contribution in [0.5, 0.6) is 11.5 Å². The van der Waals surface area contributed by atoms with E-state index in [-0.39, 0.29) is 12.1 Å². The van der Waals surface area contributed by atoms with Gasteiger partial charge in [-0.05, 0) is 35.7 Å². The molecule has 2 aromatic carbocycles. The normalized spacial score (nSPS) is 11.2. The Morgan fingerprint density at radius 2 is 1.97 bits per heavy atom. The van der Waals surface area contributed by atoms with Crippen LogP contribution in [0, 0.1) is 0 Å². The molecule has 0 spiro atoms. The molecule has 9 heteroatoms. The SMILES string of the molecule is CCCCCCOc1ccc(/C=N\NC(=O)Cn2cnc3scc(-c4ccccc4)c3c2=O)cc1OC. The van der Waals surface area contributed by atoms with Crippen molar-refractivity contribution in [3.05, 3.63) is 76.2 Å². The molecule has 0 radical (unpaired) electrons. The molecule has 2 heterocycles. The summed E-state index contributed by atoms with van der Waals surface area (Å²) in [6, 6.07) is 15.1. The van der Waals surface area contributed by atoms with Crippen molar-refractivity contribution in [2.24, 2.45) is 5.10 Å². The summed E-state index contributed by atoms with van der Waals surface area (Å²) in [4.78, 5) is 30.6. The monoisotopic (exact) mass is 518 g/mol. The van der Waals surface area contributed by atoms with Crippen molar-refractivity contribution in [1.82, 2.24) is 15.0 Å². The van der Waals surface area contributed by atoms with Crippen LogP contribution in [-0.2, 0) is 11.3 Å². The smallest absolute Gasteiger partial charge is 0.263 e. The van der Waals surface area contributed by atoms with Gasteiger partial charge in [0.15, 0.2) is 11.5 Å². The highest BCUT2D eigenvalue weighted by Gasteiger charge is 2.14. The molecule has 0 aliphatic carbocycles. The summed E-state index contributed by atoms with van der Waals surface area (Å²) in [5.74, 6) is 0.836. The van der Waals surface area contributed by atoms with Gasteiger partial charge in [-0.3, -0.25) is 14.2 Å². The fraction of sp³-hybridized carbons (Fsp3) is 0.286. The van der Waals surface area contributed by atoms with Crippen LogP contribution in [0.3, 0.4) is 0 Å². The van der Waals surface area contributed by atoms with Gasteiger partial charge in [0.25, 0.3) is 11.5 Å². The van der Waals surface area contributed by atoms with Crippen molar-refractivity contribution in [2.75, 3.05) is 13.7 Å². The molecule has 1 amide bonds. The molecule has 0 fully saturated rings. The molecule has 4 aromatic rings. The summed E-state index contributed by atoms with van der Waals surface area (Å²) < 4.78 is 12.6. The number of fused-ring (bicyclic) bond motifs is 1. The fourth-order valence-corrected chi connectivity index (χ4v) is 4.78. The van der Waals surface area contributed by atoms with Crippen molar-refractivity contribution in [1.29, 1.82) is 0 Å². The number of hydrazone groups is 1. The number of benzene rings is 2.